The summed E-state index contributed by atoms with van der Waals surface area (Å²) in [6.07, 6.45) is 0. The minimum atomic E-state index is 0.598. The molecule has 0 saturated heterocycles. The van der Waals surface area contributed by atoms with Crippen molar-refractivity contribution in [1.29, 1.82) is 0 Å². The van der Waals surface area contributed by atoms with Gasteiger partial charge in [0.15, 0.2) is 11.6 Å². The number of benzene rings is 5. The molecule has 0 unspecified atom stereocenters. The van der Waals surface area contributed by atoms with Crippen molar-refractivity contribution in [3.63, 3.8) is 0 Å². The molecular formula is C31H19BrN4. The predicted octanol–water partition coefficient (Wildman–Crippen LogP) is 8.22. The highest BCUT2D eigenvalue weighted by Gasteiger charge is 2.19. The molecule has 2 heterocycles. The minimum Gasteiger partial charge on any atom is -0.278 e. The Morgan fingerprint density at radius 1 is 0.528 bits per heavy atom. The number of rotatable bonds is 3. The summed E-state index contributed by atoms with van der Waals surface area (Å²) in [6.45, 7) is 0. The Morgan fingerprint density at radius 3 is 1.83 bits per heavy atom. The number of hydrogen-bond donors (Lipinski definition) is 0. The maximum absolute atomic E-state index is 5.00. The normalized spacial score (nSPS) is 11.5. The maximum atomic E-state index is 5.00. The number of halogens is 1. The van der Waals surface area contributed by atoms with Gasteiger partial charge in [-0.1, -0.05) is 107 Å². The van der Waals surface area contributed by atoms with Crippen molar-refractivity contribution in [2.45, 2.75) is 0 Å². The molecule has 0 aliphatic carbocycles. The second kappa shape index (κ2) is 8.40. The van der Waals surface area contributed by atoms with Crippen LogP contribution in [0.25, 0.3) is 61.3 Å². The Labute approximate surface area is 216 Å². The summed E-state index contributed by atoms with van der Waals surface area (Å²) >= 11 is 3.68. The third-order valence-corrected chi connectivity index (χ3v) is 7.00. The number of fused-ring (bicyclic) bond motifs is 5. The third kappa shape index (κ3) is 3.40. The summed E-state index contributed by atoms with van der Waals surface area (Å²) in [5, 5.41) is 4.75. The van der Waals surface area contributed by atoms with E-state index in [1.807, 2.05) is 60.7 Å². The Balaban J connectivity index is 1.60. The van der Waals surface area contributed by atoms with Crippen LogP contribution >= 0.6 is 15.9 Å². The standard InChI is InChI=1S/C31H19BrN4/c32-23-16-18-26-25(19-23)28-24-14-8-7-9-20(24)15-17-27(28)36(26)31-34-29(21-10-3-1-4-11-21)33-30(35-31)22-12-5-2-6-13-22/h1-19H. The molecule has 0 amide bonds. The molecule has 0 radical (unpaired) electrons. The number of nitrogens with zero attached hydrogens (tertiary/aromatic N) is 4. The van der Waals surface area contributed by atoms with E-state index < -0.39 is 0 Å². The molecule has 0 N–H and O–H groups in total. The van der Waals surface area contributed by atoms with Crippen molar-refractivity contribution in [3.8, 4) is 28.7 Å². The van der Waals surface area contributed by atoms with Gasteiger partial charge in [0.1, 0.15) is 0 Å². The summed E-state index contributed by atoms with van der Waals surface area (Å²) < 4.78 is 3.19. The third-order valence-electron chi connectivity index (χ3n) is 6.50. The van der Waals surface area contributed by atoms with Crippen LogP contribution in [0.1, 0.15) is 0 Å². The van der Waals surface area contributed by atoms with Crippen molar-refractivity contribution >= 4 is 48.5 Å². The van der Waals surface area contributed by atoms with Crippen LogP contribution in [-0.4, -0.2) is 19.5 Å². The lowest BCUT2D eigenvalue weighted by molar-refractivity contribution is 0.953. The van der Waals surface area contributed by atoms with E-state index in [1.54, 1.807) is 0 Å². The molecule has 0 bridgehead atoms. The van der Waals surface area contributed by atoms with E-state index in [9.17, 15) is 0 Å². The van der Waals surface area contributed by atoms with E-state index in [1.165, 1.54) is 16.2 Å². The molecule has 0 aliphatic heterocycles. The molecule has 0 saturated carbocycles. The van der Waals surface area contributed by atoms with E-state index >= 15 is 0 Å². The second-order valence-corrected chi connectivity index (χ2v) is 9.61. The lowest BCUT2D eigenvalue weighted by Crippen LogP contribution is -2.06. The largest absolute Gasteiger partial charge is 0.278 e. The average molecular weight is 527 g/mol. The summed E-state index contributed by atoms with van der Waals surface area (Å²) in [6, 6.07) is 39.4. The van der Waals surface area contributed by atoms with Gasteiger partial charge in [0.25, 0.3) is 0 Å². The Morgan fingerprint density at radius 2 is 1.14 bits per heavy atom. The molecule has 36 heavy (non-hydrogen) atoms. The highest BCUT2D eigenvalue weighted by Crippen LogP contribution is 2.37. The molecule has 7 aromatic rings. The first-order valence-corrected chi connectivity index (χ1v) is 12.5. The average Bonchev–Trinajstić information content (AvgIpc) is 3.27. The lowest BCUT2D eigenvalue weighted by Gasteiger charge is -2.11. The van der Waals surface area contributed by atoms with E-state index in [-0.39, 0.29) is 0 Å². The van der Waals surface area contributed by atoms with Gasteiger partial charge >= 0.3 is 0 Å². The van der Waals surface area contributed by atoms with Crippen LogP contribution in [-0.2, 0) is 0 Å². The molecular weight excluding hydrogens is 508 g/mol. The van der Waals surface area contributed by atoms with Crippen LogP contribution in [0.4, 0.5) is 0 Å². The van der Waals surface area contributed by atoms with Crippen molar-refractivity contribution in [2.24, 2.45) is 0 Å². The van der Waals surface area contributed by atoms with Gasteiger partial charge in [-0.2, -0.15) is 9.97 Å². The Hall–Kier alpha value is -4.35. The molecule has 2 aromatic heterocycles. The highest BCUT2D eigenvalue weighted by atomic mass is 79.9. The molecule has 7 rings (SSSR count). The Bertz CT molecular complexity index is 1840. The quantitative estimate of drug-likeness (QED) is 0.233. The summed E-state index contributed by atoms with van der Waals surface area (Å²) in [7, 11) is 0. The molecule has 0 fully saturated rings. The zero-order valence-electron chi connectivity index (χ0n) is 19.1. The number of hydrogen-bond acceptors (Lipinski definition) is 3. The molecule has 4 nitrogen and oxygen atoms in total. The molecule has 0 atom stereocenters. The van der Waals surface area contributed by atoms with Gasteiger partial charge in [-0.3, -0.25) is 4.57 Å². The van der Waals surface area contributed by atoms with Gasteiger partial charge < -0.3 is 0 Å². The van der Waals surface area contributed by atoms with E-state index in [0.717, 1.165) is 32.0 Å². The minimum absolute atomic E-state index is 0.598. The van der Waals surface area contributed by atoms with E-state index in [0.29, 0.717) is 17.6 Å². The Kier molecular flexibility index (Phi) is 4.89. The number of aromatic nitrogens is 4. The van der Waals surface area contributed by atoms with Gasteiger partial charge in [0.05, 0.1) is 11.0 Å². The van der Waals surface area contributed by atoms with Crippen molar-refractivity contribution in [3.05, 3.63) is 120 Å². The van der Waals surface area contributed by atoms with Gasteiger partial charge in [0.2, 0.25) is 5.95 Å². The zero-order chi connectivity index (χ0) is 24.1. The topological polar surface area (TPSA) is 43.6 Å². The molecule has 5 aromatic carbocycles. The molecule has 5 heteroatoms. The van der Waals surface area contributed by atoms with Crippen LogP contribution in [0.5, 0.6) is 0 Å². The molecule has 0 aliphatic rings. The van der Waals surface area contributed by atoms with Crippen LogP contribution in [0.3, 0.4) is 0 Å². The van der Waals surface area contributed by atoms with Gasteiger partial charge in [0, 0.05) is 26.4 Å². The zero-order valence-corrected chi connectivity index (χ0v) is 20.7. The van der Waals surface area contributed by atoms with Crippen molar-refractivity contribution < 1.29 is 0 Å². The molecule has 170 valence electrons. The van der Waals surface area contributed by atoms with Gasteiger partial charge in [-0.05, 0) is 35.0 Å². The van der Waals surface area contributed by atoms with Crippen LogP contribution < -0.4 is 0 Å². The van der Waals surface area contributed by atoms with Gasteiger partial charge in [-0.25, -0.2) is 4.98 Å². The summed E-state index contributed by atoms with van der Waals surface area (Å²) in [5.74, 6) is 1.89. The molecule has 0 spiro atoms. The first kappa shape index (κ1) is 21.0. The van der Waals surface area contributed by atoms with Gasteiger partial charge in [-0.15, -0.1) is 0 Å². The first-order chi connectivity index (χ1) is 17.8. The summed E-state index contributed by atoms with van der Waals surface area (Å²) in [5.41, 5.74) is 4.01. The maximum Gasteiger partial charge on any atom is 0.238 e. The highest BCUT2D eigenvalue weighted by molar-refractivity contribution is 9.10. The van der Waals surface area contributed by atoms with Crippen LogP contribution in [0.15, 0.2) is 120 Å². The second-order valence-electron chi connectivity index (χ2n) is 8.69. The lowest BCUT2D eigenvalue weighted by atomic mass is 10.0. The monoisotopic (exact) mass is 526 g/mol. The summed E-state index contributed by atoms with van der Waals surface area (Å²) in [4.78, 5) is 14.9. The van der Waals surface area contributed by atoms with Crippen molar-refractivity contribution in [1.82, 2.24) is 19.5 Å². The fourth-order valence-electron chi connectivity index (χ4n) is 4.88. The van der Waals surface area contributed by atoms with E-state index in [4.69, 9.17) is 15.0 Å². The smallest absolute Gasteiger partial charge is 0.238 e. The SMILES string of the molecule is Brc1ccc2c(c1)c1c3ccccc3ccc1n2-c1nc(-c2ccccc2)nc(-c2ccccc2)n1. The fourth-order valence-corrected chi connectivity index (χ4v) is 5.24. The van der Waals surface area contributed by atoms with E-state index in [2.05, 4.69) is 75.1 Å². The van der Waals surface area contributed by atoms with Crippen molar-refractivity contribution in [2.75, 3.05) is 0 Å². The first-order valence-electron chi connectivity index (χ1n) is 11.7. The van der Waals surface area contributed by atoms with Crippen LogP contribution in [0.2, 0.25) is 0 Å². The van der Waals surface area contributed by atoms with Crippen LogP contribution in [0, 0.1) is 0 Å². The fraction of sp³-hybridized carbons (Fsp3) is 0. The predicted molar refractivity (Wildman–Crippen MR) is 150 cm³/mol.